The van der Waals surface area contributed by atoms with Gasteiger partial charge in [-0.25, -0.2) is 0 Å². The third-order valence-electron chi connectivity index (χ3n) is 3.08. The number of nitrogens with one attached hydrogen (secondary N) is 1. The molecule has 1 fully saturated rings. The molecule has 0 aliphatic heterocycles. The Hall–Kier alpha value is -1.80. The van der Waals surface area contributed by atoms with E-state index in [1.807, 2.05) is 16.8 Å². The average Bonchev–Trinajstić information content (AvgIpc) is 2.85. The third kappa shape index (κ3) is 2.64. The lowest BCUT2D eigenvalue weighted by atomic mass is 10.3. The molecule has 1 amide bonds. The largest absolute Gasteiger partial charge is 0.394 e. The van der Waals surface area contributed by atoms with Crippen molar-refractivity contribution in [1.29, 1.82) is 0 Å². The van der Waals surface area contributed by atoms with Crippen LogP contribution in [0.3, 0.4) is 0 Å². The van der Waals surface area contributed by atoms with Crippen LogP contribution in [0.15, 0.2) is 16.8 Å². The van der Waals surface area contributed by atoms with Crippen LogP contribution in [0.1, 0.15) is 12.8 Å². The van der Waals surface area contributed by atoms with Crippen molar-refractivity contribution < 1.29 is 9.90 Å². The smallest absolute Gasteiger partial charge is 0.244 e. The van der Waals surface area contributed by atoms with Crippen LogP contribution in [-0.2, 0) is 11.3 Å². The number of thiophene rings is 1. The van der Waals surface area contributed by atoms with E-state index in [1.54, 1.807) is 11.3 Å². The van der Waals surface area contributed by atoms with Gasteiger partial charge in [-0.2, -0.15) is 16.1 Å². The summed E-state index contributed by atoms with van der Waals surface area (Å²) in [5.41, 5.74) is 0.485. The number of aromatic nitrogens is 4. The molecule has 2 aromatic rings. The van der Waals surface area contributed by atoms with Crippen LogP contribution in [0.2, 0.25) is 0 Å². The Morgan fingerprint density at radius 1 is 1.58 bits per heavy atom. The molecule has 0 aromatic carbocycles. The Morgan fingerprint density at radius 2 is 2.42 bits per heavy atom. The van der Waals surface area contributed by atoms with E-state index in [0.717, 1.165) is 18.4 Å². The Morgan fingerprint density at radius 3 is 3.05 bits per heavy atom. The summed E-state index contributed by atoms with van der Waals surface area (Å²) in [6.45, 7) is -0.0113. The Bertz CT molecular complexity index is 576. The third-order valence-corrected chi connectivity index (χ3v) is 3.76. The highest BCUT2D eigenvalue weighted by Crippen LogP contribution is 2.34. The van der Waals surface area contributed by atoms with Crippen LogP contribution in [0.25, 0.3) is 11.4 Å². The summed E-state index contributed by atoms with van der Waals surface area (Å²) in [7, 11) is 0. The lowest BCUT2D eigenvalue weighted by Gasteiger charge is -2.13. The minimum atomic E-state index is -0.409. The van der Waals surface area contributed by atoms with E-state index in [1.165, 1.54) is 4.80 Å². The molecule has 1 aliphatic rings. The van der Waals surface area contributed by atoms with Gasteiger partial charge < -0.3 is 10.4 Å². The molecule has 8 heteroatoms. The van der Waals surface area contributed by atoms with E-state index in [-0.39, 0.29) is 19.1 Å². The van der Waals surface area contributed by atoms with Crippen molar-refractivity contribution in [3.8, 4) is 11.4 Å². The molecule has 1 aliphatic carbocycles. The number of carbonyl (C=O) groups excluding carboxylic acids is 1. The van der Waals surface area contributed by atoms with Crippen LogP contribution in [0.5, 0.6) is 0 Å². The molecule has 0 saturated heterocycles. The minimum Gasteiger partial charge on any atom is -0.394 e. The summed E-state index contributed by atoms with van der Waals surface area (Å²) < 4.78 is 0. The van der Waals surface area contributed by atoms with E-state index < -0.39 is 5.54 Å². The first-order chi connectivity index (χ1) is 9.21. The second kappa shape index (κ2) is 4.71. The SMILES string of the molecule is O=C(Cn1nnc(-c2ccsc2)n1)NC1(CO)CC1. The first-order valence-corrected chi connectivity index (χ1v) is 6.87. The molecule has 7 nitrogen and oxygen atoms in total. The van der Waals surface area contributed by atoms with Crippen LogP contribution >= 0.6 is 11.3 Å². The van der Waals surface area contributed by atoms with Crippen molar-refractivity contribution in [3.63, 3.8) is 0 Å². The number of tetrazole rings is 1. The lowest BCUT2D eigenvalue weighted by Crippen LogP contribution is -2.41. The molecular formula is C11H13N5O2S. The molecule has 2 heterocycles. The van der Waals surface area contributed by atoms with Gasteiger partial charge >= 0.3 is 0 Å². The normalized spacial score (nSPS) is 16.3. The summed E-state index contributed by atoms with van der Waals surface area (Å²) in [4.78, 5) is 13.0. The van der Waals surface area contributed by atoms with Gasteiger partial charge in [0.15, 0.2) is 0 Å². The number of hydrogen-bond donors (Lipinski definition) is 2. The maximum absolute atomic E-state index is 11.8. The fourth-order valence-corrected chi connectivity index (χ4v) is 2.39. The van der Waals surface area contributed by atoms with Gasteiger partial charge in [0.05, 0.1) is 12.1 Å². The molecule has 0 radical (unpaired) electrons. The second-order valence-corrected chi connectivity index (χ2v) is 5.42. The van der Waals surface area contributed by atoms with Gasteiger partial charge in [-0.15, -0.1) is 10.2 Å². The van der Waals surface area contributed by atoms with Gasteiger partial charge in [-0.3, -0.25) is 4.79 Å². The van der Waals surface area contributed by atoms with E-state index in [9.17, 15) is 4.79 Å². The maximum Gasteiger partial charge on any atom is 0.244 e. The van der Waals surface area contributed by atoms with Gasteiger partial charge in [-0.05, 0) is 29.5 Å². The van der Waals surface area contributed by atoms with Gasteiger partial charge in [0.2, 0.25) is 11.7 Å². The molecule has 0 unspecified atom stereocenters. The topological polar surface area (TPSA) is 92.9 Å². The molecule has 0 bridgehead atoms. The summed E-state index contributed by atoms with van der Waals surface area (Å²) in [6, 6.07) is 1.90. The highest BCUT2D eigenvalue weighted by Gasteiger charge is 2.43. The predicted octanol–water partition coefficient (Wildman–Crippen LogP) is 0.0427. The van der Waals surface area contributed by atoms with Gasteiger partial charge in [0.1, 0.15) is 6.54 Å². The monoisotopic (exact) mass is 279 g/mol. The number of nitrogens with zero attached hydrogens (tertiary/aromatic N) is 4. The van der Waals surface area contributed by atoms with E-state index in [2.05, 4.69) is 20.7 Å². The van der Waals surface area contributed by atoms with E-state index in [0.29, 0.717) is 5.82 Å². The molecule has 100 valence electrons. The molecule has 3 rings (SSSR count). The van der Waals surface area contributed by atoms with E-state index in [4.69, 9.17) is 5.11 Å². The number of aliphatic hydroxyl groups is 1. The standard InChI is InChI=1S/C11H13N5O2S/c17-7-11(2-3-11)12-9(18)5-16-14-10(13-15-16)8-1-4-19-6-8/h1,4,6,17H,2-3,5,7H2,(H,12,18). The number of carbonyl (C=O) groups is 1. The molecule has 0 spiro atoms. The van der Waals surface area contributed by atoms with Crippen molar-refractivity contribution in [2.75, 3.05) is 6.61 Å². The number of amides is 1. The predicted molar refractivity (Wildman–Crippen MR) is 68.3 cm³/mol. The number of rotatable bonds is 5. The highest BCUT2D eigenvalue weighted by atomic mass is 32.1. The lowest BCUT2D eigenvalue weighted by molar-refractivity contribution is -0.123. The van der Waals surface area contributed by atoms with Gasteiger partial charge in [0, 0.05) is 10.9 Å². The van der Waals surface area contributed by atoms with Crippen molar-refractivity contribution in [2.45, 2.75) is 24.9 Å². The molecule has 1 saturated carbocycles. The number of hydrogen-bond acceptors (Lipinski definition) is 6. The first-order valence-electron chi connectivity index (χ1n) is 5.93. The summed E-state index contributed by atoms with van der Waals surface area (Å²) in [5.74, 6) is 0.304. The highest BCUT2D eigenvalue weighted by molar-refractivity contribution is 7.08. The molecule has 2 aromatic heterocycles. The fraction of sp³-hybridized carbons (Fsp3) is 0.455. The van der Waals surface area contributed by atoms with Crippen molar-refractivity contribution in [2.24, 2.45) is 0 Å². The Balaban J connectivity index is 1.63. The minimum absolute atomic E-state index is 0.0128. The molecule has 2 N–H and O–H groups in total. The second-order valence-electron chi connectivity index (χ2n) is 4.64. The maximum atomic E-state index is 11.8. The Kier molecular flexibility index (Phi) is 3.03. The zero-order valence-corrected chi connectivity index (χ0v) is 10.9. The summed E-state index contributed by atoms with van der Waals surface area (Å²) >= 11 is 1.55. The number of aliphatic hydroxyl groups excluding tert-OH is 1. The zero-order valence-electron chi connectivity index (χ0n) is 10.1. The fourth-order valence-electron chi connectivity index (χ4n) is 1.75. The first kappa shape index (κ1) is 12.2. The molecular weight excluding hydrogens is 266 g/mol. The van der Waals surface area contributed by atoms with Crippen LogP contribution in [-0.4, -0.2) is 43.4 Å². The Labute approximate surface area is 113 Å². The van der Waals surface area contributed by atoms with Crippen molar-refractivity contribution in [1.82, 2.24) is 25.5 Å². The zero-order chi connectivity index (χ0) is 13.3. The van der Waals surface area contributed by atoms with Crippen LogP contribution in [0, 0.1) is 0 Å². The van der Waals surface area contributed by atoms with Gasteiger partial charge in [-0.1, -0.05) is 0 Å². The van der Waals surface area contributed by atoms with Crippen LogP contribution < -0.4 is 5.32 Å². The molecule has 0 atom stereocenters. The van der Waals surface area contributed by atoms with E-state index >= 15 is 0 Å². The molecule has 19 heavy (non-hydrogen) atoms. The van der Waals surface area contributed by atoms with Crippen LogP contribution in [0.4, 0.5) is 0 Å². The summed E-state index contributed by atoms with van der Waals surface area (Å²) in [5, 5.41) is 27.7. The van der Waals surface area contributed by atoms with Crippen molar-refractivity contribution >= 4 is 17.2 Å². The quantitative estimate of drug-likeness (QED) is 0.806. The average molecular weight is 279 g/mol. The van der Waals surface area contributed by atoms with Gasteiger partial charge in [0.25, 0.3) is 0 Å². The summed E-state index contributed by atoms with van der Waals surface area (Å²) in [6.07, 6.45) is 1.64. The van der Waals surface area contributed by atoms with Crippen molar-refractivity contribution in [3.05, 3.63) is 16.8 Å².